The van der Waals surface area contributed by atoms with Gasteiger partial charge in [-0.3, -0.25) is 0 Å². The number of carbonyl (C=O) groups excluding carboxylic acids is 1. The zero-order valence-electron chi connectivity index (χ0n) is 15.3. The Labute approximate surface area is 164 Å². The maximum absolute atomic E-state index is 11.8. The number of para-hydroxylation sites is 1. The van der Waals surface area contributed by atoms with Crippen LogP contribution in [0.3, 0.4) is 0 Å². The smallest absolute Gasteiger partial charge is 0.409 e. The van der Waals surface area contributed by atoms with E-state index in [4.69, 9.17) is 21.7 Å². The van der Waals surface area contributed by atoms with Gasteiger partial charge in [0.15, 0.2) is 5.11 Å². The van der Waals surface area contributed by atoms with Crippen molar-refractivity contribution in [1.82, 2.24) is 9.80 Å². The van der Waals surface area contributed by atoms with Crippen molar-refractivity contribution < 1.29 is 14.3 Å². The lowest BCUT2D eigenvalue weighted by Gasteiger charge is -2.35. The molecule has 27 heavy (non-hydrogen) atoms. The minimum absolute atomic E-state index is 0.259. The number of thiocarbonyl (C=S) groups is 1. The molecule has 6 nitrogen and oxygen atoms in total. The van der Waals surface area contributed by atoms with Crippen LogP contribution in [0.25, 0.3) is 0 Å². The molecule has 1 saturated heterocycles. The zero-order chi connectivity index (χ0) is 19.1. The Morgan fingerprint density at radius 1 is 0.963 bits per heavy atom. The summed E-state index contributed by atoms with van der Waals surface area (Å²) in [6.07, 6.45) is -0.259. The average Bonchev–Trinajstić information content (AvgIpc) is 2.70. The molecular formula is C20H23N3O3S. The number of piperazine rings is 1. The first kappa shape index (κ1) is 19.0. The molecule has 3 rings (SSSR count). The van der Waals surface area contributed by atoms with E-state index in [0.29, 0.717) is 37.9 Å². The van der Waals surface area contributed by atoms with Gasteiger partial charge in [-0.25, -0.2) is 4.79 Å². The van der Waals surface area contributed by atoms with Gasteiger partial charge in [-0.1, -0.05) is 18.2 Å². The van der Waals surface area contributed by atoms with Crippen LogP contribution < -0.4 is 10.1 Å². The fourth-order valence-electron chi connectivity index (χ4n) is 2.74. The molecule has 0 radical (unpaired) electrons. The molecule has 142 valence electrons. The molecule has 0 atom stereocenters. The van der Waals surface area contributed by atoms with E-state index in [1.165, 1.54) is 0 Å². The summed E-state index contributed by atoms with van der Waals surface area (Å²) < 4.78 is 10.8. The molecule has 1 N–H and O–H groups in total. The van der Waals surface area contributed by atoms with Crippen molar-refractivity contribution in [2.24, 2.45) is 0 Å². The highest BCUT2D eigenvalue weighted by molar-refractivity contribution is 7.80. The molecular weight excluding hydrogens is 362 g/mol. The van der Waals surface area contributed by atoms with Gasteiger partial charge in [-0.2, -0.15) is 0 Å². The Kier molecular flexibility index (Phi) is 6.49. The van der Waals surface area contributed by atoms with Crippen molar-refractivity contribution in [3.63, 3.8) is 0 Å². The highest BCUT2D eigenvalue weighted by atomic mass is 32.1. The summed E-state index contributed by atoms with van der Waals surface area (Å²) in [5, 5.41) is 3.89. The van der Waals surface area contributed by atoms with Crippen molar-refractivity contribution in [2.45, 2.75) is 6.92 Å². The molecule has 0 spiro atoms. The van der Waals surface area contributed by atoms with Crippen LogP contribution in [0.2, 0.25) is 0 Å². The zero-order valence-corrected chi connectivity index (χ0v) is 16.1. The van der Waals surface area contributed by atoms with Gasteiger partial charge in [0.2, 0.25) is 0 Å². The fourth-order valence-corrected chi connectivity index (χ4v) is 3.04. The molecule has 0 aromatic heterocycles. The van der Waals surface area contributed by atoms with E-state index in [9.17, 15) is 4.79 Å². The first-order chi connectivity index (χ1) is 13.2. The lowest BCUT2D eigenvalue weighted by molar-refractivity contribution is 0.0923. The normalized spacial score (nSPS) is 13.8. The molecule has 1 heterocycles. The fraction of sp³-hybridized carbons (Fsp3) is 0.300. The van der Waals surface area contributed by atoms with Gasteiger partial charge in [0.25, 0.3) is 0 Å². The monoisotopic (exact) mass is 385 g/mol. The second-order valence-electron chi connectivity index (χ2n) is 6.04. The number of hydrogen-bond acceptors (Lipinski definition) is 4. The molecule has 0 saturated carbocycles. The van der Waals surface area contributed by atoms with Crippen molar-refractivity contribution in [3.05, 3.63) is 54.6 Å². The van der Waals surface area contributed by atoms with E-state index < -0.39 is 0 Å². The SMILES string of the molecule is CCOC(=O)N1CCN(C(=S)Nc2ccc(Oc3ccccc3)cc2)CC1. The summed E-state index contributed by atoms with van der Waals surface area (Å²) in [6.45, 7) is 4.76. The molecule has 0 aliphatic carbocycles. The summed E-state index contributed by atoms with van der Waals surface area (Å²) in [5.74, 6) is 1.56. The Bertz CT molecular complexity index is 760. The number of nitrogens with zero attached hydrogens (tertiary/aromatic N) is 2. The van der Waals surface area contributed by atoms with Gasteiger partial charge in [0.1, 0.15) is 11.5 Å². The van der Waals surface area contributed by atoms with Crippen LogP contribution in [0.4, 0.5) is 10.5 Å². The van der Waals surface area contributed by atoms with Gasteiger partial charge < -0.3 is 24.6 Å². The number of ether oxygens (including phenoxy) is 2. The van der Waals surface area contributed by atoms with Gasteiger partial charge in [-0.05, 0) is 55.5 Å². The maximum Gasteiger partial charge on any atom is 0.409 e. The largest absolute Gasteiger partial charge is 0.457 e. The summed E-state index contributed by atoms with van der Waals surface area (Å²) in [7, 11) is 0. The lowest BCUT2D eigenvalue weighted by atomic mass is 10.3. The minimum atomic E-state index is -0.259. The van der Waals surface area contributed by atoms with Gasteiger partial charge in [0.05, 0.1) is 6.61 Å². The quantitative estimate of drug-likeness (QED) is 0.805. The molecule has 2 aromatic rings. The minimum Gasteiger partial charge on any atom is -0.457 e. The van der Waals surface area contributed by atoms with E-state index in [1.807, 2.05) is 61.5 Å². The topological polar surface area (TPSA) is 54.0 Å². The predicted molar refractivity (Wildman–Crippen MR) is 109 cm³/mol. The summed E-state index contributed by atoms with van der Waals surface area (Å²) in [5.41, 5.74) is 0.897. The van der Waals surface area contributed by atoms with E-state index in [0.717, 1.165) is 17.2 Å². The molecule has 1 amide bonds. The summed E-state index contributed by atoms with van der Waals surface area (Å²) >= 11 is 5.50. The molecule has 1 aliphatic heterocycles. The van der Waals surface area contributed by atoms with Crippen LogP contribution in [0.5, 0.6) is 11.5 Å². The summed E-state index contributed by atoms with van der Waals surface area (Å²) in [4.78, 5) is 15.5. The molecule has 1 aliphatic rings. The molecule has 7 heteroatoms. The number of nitrogens with one attached hydrogen (secondary N) is 1. The average molecular weight is 385 g/mol. The van der Waals surface area contributed by atoms with Crippen LogP contribution in [0.1, 0.15) is 6.92 Å². The van der Waals surface area contributed by atoms with Crippen LogP contribution in [0.15, 0.2) is 54.6 Å². The van der Waals surface area contributed by atoms with Crippen LogP contribution in [-0.2, 0) is 4.74 Å². The Morgan fingerprint density at radius 2 is 1.56 bits per heavy atom. The first-order valence-electron chi connectivity index (χ1n) is 8.96. The van der Waals surface area contributed by atoms with E-state index in [2.05, 4.69) is 10.2 Å². The number of benzene rings is 2. The second kappa shape index (κ2) is 9.23. The van der Waals surface area contributed by atoms with Crippen molar-refractivity contribution >= 4 is 29.1 Å². The lowest BCUT2D eigenvalue weighted by Crippen LogP contribution is -2.51. The third kappa shape index (κ3) is 5.34. The predicted octanol–water partition coefficient (Wildman–Crippen LogP) is 3.95. The molecule has 0 unspecified atom stereocenters. The first-order valence-corrected chi connectivity index (χ1v) is 9.37. The van der Waals surface area contributed by atoms with E-state index >= 15 is 0 Å². The number of anilines is 1. The highest BCUT2D eigenvalue weighted by Crippen LogP contribution is 2.22. The number of rotatable bonds is 4. The van der Waals surface area contributed by atoms with Crippen LogP contribution in [-0.4, -0.2) is 53.8 Å². The Morgan fingerprint density at radius 3 is 2.19 bits per heavy atom. The second-order valence-corrected chi connectivity index (χ2v) is 6.43. The van der Waals surface area contributed by atoms with E-state index in [-0.39, 0.29) is 6.09 Å². The van der Waals surface area contributed by atoms with Crippen molar-refractivity contribution in [2.75, 3.05) is 38.1 Å². The van der Waals surface area contributed by atoms with Gasteiger partial charge in [-0.15, -0.1) is 0 Å². The molecule has 1 fully saturated rings. The number of amides is 1. The van der Waals surface area contributed by atoms with E-state index in [1.54, 1.807) is 4.90 Å². The van der Waals surface area contributed by atoms with Gasteiger partial charge in [0, 0.05) is 31.9 Å². The summed E-state index contributed by atoms with van der Waals surface area (Å²) in [6, 6.07) is 17.3. The van der Waals surface area contributed by atoms with Crippen molar-refractivity contribution in [1.29, 1.82) is 0 Å². The van der Waals surface area contributed by atoms with Crippen LogP contribution >= 0.6 is 12.2 Å². The molecule has 0 bridgehead atoms. The standard InChI is InChI=1S/C20H23N3O3S/c1-2-25-20(24)23-14-12-22(13-15-23)19(27)21-16-8-10-18(11-9-16)26-17-6-4-3-5-7-17/h3-11H,2,12-15H2,1H3,(H,21,27). The highest BCUT2D eigenvalue weighted by Gasteiger charge is 2.23. The third-order valence-corrected chi connectivity index (χ3v) is 4.54. The maximum atomic E-state index is 11.8. The number of carbonyl (C=O) groups is 1. The van der Waals surface area contributed by atoms with Gasteiger partial charge >= 0.3 is 6.09 Å². The number of hydrogen-bond donors (Lipinski definition) is 1. The third-order valence-electron chi connectivity index (χ3n) is 4.18. The molecule has 2 aromatic carbocycles. The van der Waals surface area contributed by atoms with Crippen LogP contribution in [0, 0.1) is 0 Å². The Hall–Kier alpha value is -2.80. The Balaban J connectivity index is 1.49. The van der Waals surface area contributed by atoms with Crippen molar-refractivity contribution in [3.8, 4) is 11.5 Å².